The van der Waals surface area contributed by atoms with E-state index in [9.17, 15) is 9.59 Å². The van der Waals surface area contributed by atoms with Gasteiger partial charge in [-0.3, -0.25) is 14.5 Å². The Kier molecular flexibility index (Phi) is 5.23. The molecule has 2 amide bonds. The van der Waals surface area contributed by atoms with E-state index in [1.807, 2.05) is 30.1 Å². The second kappa shape index (κ2) is 7.58. The Morgan fingerprint density at radius 1 is 0.923 bits per heavy atom. The quantitative estimate of drug-likeness (QED) is 0.715. The van der Waals surface area contributed by atoms with Gasteiger partial charge in [-0.05, 0) is 25.2 Å². The van der Waals surface area contributed by atoms with Crippen molar-refractivity contribution in [2.24, 2.45) is 0 Å². The molecule has 0 atom stereocenters. The maximum atomic E-state index is 12.4. The standard InChI is InChI=1S/C20H22N2O4/c1-21(13-14-7-6-10-17(25-2)18(14)26-3)11-12-22-19(23)15-8-4-5-9-16(15)20(22)24/h4-10H,11-13H2,1-3H3. The van der Waals surface area contributed by atoms with Crippen LogP contribution in [0.3, 0.4) is 0 Å². The average Bonchev–Trinajstić information content (AvgIpc) is 2.90. The van der Waals surface area contributed by atoms with Crippen molar-refractivity contribution < 1.29 is 19.1 Å². The highest BCUT2D eigenvalue weighted by Gasteiger charge is 2.34. The van der Waals surface area contributed by atoms with Gasteiger partial charge in [-0.1, -0.05) is 24.3 Å². The molecule has 0 unspecified atom stereocenters. The lowest BCUT2D eigenvalue weighted by atomic mass is 10.1. The molecule has 1 heterocycles. The summed E-state index contributed by atoms with van der Waals surface area (Å²) in [5.41, 5.74) is 1.95. The van der Waals surface area contributed by atoms with Gasteiger partial charge in [0.25, 0.3) is 11.8 Å². The molecule has 6 heteroatoms. The van der Waals surface area contributed by atoms with Gasteiger partial charge in [0.2, 0.25) is 0 Å². The van der Waals surface area contributed by atoms with Crippen molar-refractivity contribution in [2.45, 2.75) is 6.54 Å². The molecular formula is C20H22N2O4. The van der Waals surface area contributed by atoms with Gasteiger partial charge in [-0.2, -0.15) is 0 Å². The number of para-hydroxylation sites is 1. The van der Waals surface area contributed by atoms with Crippen LogP contribution < -0.4 is 9.47 Å². The Hall–Kier alpha value is -2.86. The molecule has 0 spiro atoms. The van der Waals surface area contributed by atoms with Gasteiger partial charge in [0, 0.05) is 25.2 Å². The summed E-state index contributed by atoms with van der Waals surface area (Å²) < 4.78 is 10.8. The van der Waals surface area contributed by atoms with Crippen LogP contribution in [0.4, 0.5) is 0 Å². The number of amides is 2. The number of imide groups is 1. The number of likely N-dealkylation sites (N-methyl/N-ethyl adjacent to an activating group) is 1. The summed E-state index contributed by atoms with van der Waals surface area (Å²) in [6, 6.07) is 12.7. The summed E-state index contributed by atoms with van der Waals surface area (Å²) in [6.07, 6.45) is 0. The molecule has 6 nitrogen and oxygen atoms in total. The van der Waals surface area contributed by atoms with E-state index in [0.29, 0.717) is 42.3 Å². The number of rotatable bonds is 7. The largest absolute Gasteiger partial charge is 0.493 e. The lowest BCUT2D eigenvalue weighted by Gasteiger charge is -2.22. The summed E-state index contributed by atoms with van der Waals surface area (Å²) in [4.78, 5) is 28.2. The van der Waals surface area contributed by atoms with Crippen molar-refractivity contribution in [1.29, 1.82) is 0 Å². The van der Waals surface area contributed by atoms with Crippen molar-refractivity contribution in [2.75, 3.05) is 34.4 Å². The van der Waals surface area contributed by atoms with E-state index in [1.165, 1.54) is 4.90 Å². The Labute approximate surface area is 152 Å². The normalized spacial score (nSPS) is 13.3. The Morgan fingerprint density at radius 3 is 2.15 bits per heavy atom. The lowest BCUT2D eigenvalue weighted by molar-refractivity contribution is 0.0640. The molecule has 26 heavy (non-hydrogen) atoms. The van der Waals surface area contributed by atoms with Gasteiger partial charge in [-0.25, -0.2) is 0 Å². The molecule has 0 radical (unpaired) electrons. The Morgan fingerprint density at radius 2 is 1.58 bits per heavy atom. The van der Waals surface area contributed by atoms with Crippen LogP contribution in [0.5, 0.6) is 11.5 Å². The molecule has 136 valence electrons. The van der Waals surface area contributed by atoms with Gasteiger partial charge in [0.05, 0.1) is 25.3 Å². The van der Waals surface area contributed by atoms with Crippen LogP contribution in [0.1, 0.15) is 26.3 Å². The SMILES string of the molecule is COc1cccc(CN(C)CCN2C(=O)c3ccccc3C2=O)c1OC. The first kappa shape index (κ1) is 17.9. The van der Waals surface area contributed by atoms with E-state index in [-0.39, 0.29) is 11.8 Å². The molecular weight excluding hydrogens is 332 g/mol. The number of benzene rings is 2. The third-order valence-corrected chi connectivity index (χ3v) is 4.51. The zero-order valence-electron chi connectivity index (χ0n) is 15.2. The second-order valence-electron chi connectivity index (χ2n) is 6.20. The number of hydrogen-bond acceptors (Lipinski definition) is 5. The second-order valence-corrected chi connectivity index (χ2v) is 6.20. The number of carbonyl (C=O) groups is 2. The van der Waals surface area contributed by atoms with Gasteiger partial charge in [0.1, 0.15) is 0 Å². The minimum absolute atomic E-state index is 0.224. The van der Waals surface area contributed by atoms with Crippen LogP contribution in [-0.2, 0) is 6.54 Å². The van der Waals surface area contributed by atoms with Gasteiger partial charge < -0.3 is 14.4 Å². The summed E-state index contributed by atoms with van der Waals surface area (Å²) in [6.45, 7) is 1.52. The molecule has 1 aliphatic rings. The maximum Gasteiger partial charge on any atom is 0.261 e. The molecule has 0 saturated heterocycles. The van der Waals surface area contributed by atoms with Crippen molar-refractivity contribution in [3.8, 4) is 11.5 Å². The van der Waals surface area contributed by atoms with Gasteiger partial charge in [0.15, 0.2) is 11.5 Å². The smallest absolute Gasteiger partial charge is 0.261 e. The molecule has 0 bridgehead atoms. The summed E-state index contributed by atoms with van der Waals surface area (Å²) in [5.74, 6) is 0.928. The van der Waals surface area contributed by atoms with Gasteiger partial charge in [-0.15, -0.1) is 0 Å². The van der Waals surface area contributed by atoms with Crippen molar-refractivity contribution in [1.82, 2.24) is 9.80 Å². The van der Waals surface area contributed by atoms with Crippen LogP contribution in [0.15, 0.2) is 42.5 Å². The van der Waals surface area contributed by atoms with E-state index >= 15 is 0 Å². The number of nitrogens with zero attached hydrogens (tertiary/aromatic N) is 2. The van der Waals surface area contributed by atoms with Crippen LogP contribution in [0, 0.1) is 0 Å². The third kappa shape index (κ3) is 3.28. The molecule has 0 aliphatic carbocycles. The number of ether oxygens (including phenoxy) is 2. The monoisotopic (exact) mass is 354 g/mol. The zero-order chi connectivity index (χ0) is 18.7. The molecule has 2 aromatic carbocycles. The lowest BCUT2D eigenvalue weighted by Crippen LogP contribution is -2.36. The first-order valence-electron chi connectivity index (χ1n) is 8.40. The summed E-state index contributed by atoms with van der Waals surface area (Å²) >= 11 is 0. The molecule has 0 aromatic heterocycles. The predicted octanol–water partition coefficient (Wildman–Crippen LogP) is 2.43. The molecule has 0 saturated carbocycles. The molecule has 1 aliphatic heterocycles. The van der Waals surface area contributed by atoms with E-state index in [1.54, 1.807) is 38.5 Å². The van der Waals surface area contributed by atoms with E-state index in [4.69, 9.17) is 9.47 Å². The van der Waals surface area contributed by atoms with E-state index in [2.05, 4.69) is 0 Å². The average molecular weight is 354 g/mol. The number of hydrogen-bond donors (Lipinski definition) is 0. The van der Waals surface area contributed by atoms with Crippen molar-refractivity contribution >= 4 is 11.8 Å². The highest BCUT2D eigenvalue weighted by molar-refractivity contribution is 6.21. The summed E-state index contributed by atoms with van der Waals surface area (Å²) in [7, 11) is 5.16. The van der Waals surface area contributed by atoms with Crippen molar-refractivity contribution in [3.63, 3.8) is 0 Å². The third-order valence-electron chi connectivity index (χ3n) is 4.51. The first-order chi connectivity index (χ1) is 12.6. The highest BCUT2D eigenvalue weighted by Crippen LogP contribution is 2.31. The molecule has 0 fully saturated rings. The summed E-state index contributed by atoms with van der Waals surface area (Å²) in [5, 5.41) is 0. The van der Waals surface area contributed by atoms with Crippen molar-refractivity contribution in [3.05, 3.63) is 59.2 Å². The molecule has 0 N–H and O–H groups in total. The fraction of sp³-hybridized carbons (Fsp3) is 0.300. The molecule has 3 rings (SSSR count). The predicted molar refractivity (Wildman–Crippen MR) is 97.7 cm³/mol. The number of fused-ring (bicyclic) bond motifs is 1. The minimum Gasteiger partial charge on any atom is -0.493 e. The highest BCUT2D eigenvalue weighted by atomic mass is 16.5. The minimum atomic E-state index is -0.224. The van der Waals surface area contributed by atoms with E-state index < -0.39 is 0 Å². The number of methoxy groups -OCH3 is 2. The fourth-order valence-electron chi connectivity index (χ4n) is 3.16. The molecule has 2 aromatic rings. The first-order valence-corrected chi connectivity index (χ1v) is 8.40. The zero-order valence-corrected chi connectivity index (χ0v) is 15.2. The van der Waals surface area contributed by atoms with Gasteiger partial charge >= 0.3 is 0 Å². The maximum absolute atomic E-state index is 12.4. The Bertz CT molecular complexity index is 799. The number of carbonyl (C=O) groups excluding carboxylic acids is 2. The van der Waals surface area contributed by atoms with Crippen LogP contribution in [0.25, 0.3) is 0 Å². The topological polar surface area (TPSA) is 59.1 Å². The van der Waals surface area contributed by atoms with Crippen LogP contribution in [0.2, 0.25) is 0 Å². The fourth-order valence-corrected chi connectivity index (χ4v) is 3.16. The Balaban J connectivity index is 1.65. The van der Waals surface area contributed by atoms with Crippen LogP contribution in [-0.4, -0.2) is 56.0 Å². The van der Waals surface area contributed by atoms with E-state index in [0.717, 1.165) is 5.56 Å². The van der Waals surface area contributed by atoms with Crippen LogP contribution >= 0.6 is 0 Å².